The first kappa shape index (κ1) is 16.0. The summed E-state index contributed by atoms with van der Waals surface area (Å²) in [6, 6.07) is 6.55. The lowest BCUT2D eigenvalue weighted by Gasteiger charge is -2.25. The van der Waals surface area contributed by atoms with Crippen LogP contribution in [0.5, 0.6) is 0 Å². The van der Waals surface area contributed by atoms with Crippen molar-refractivity contribution in [3.8, 4) is 6.07 Å². The van der Waals surface area contributed by atoms with Crippen LogP contribution in [-0.4, -0.2) is 51.6 Å². The summed E-state index contributed by atoms with van der Waals surface area (Å²) in [6.07, 6.45) is 0. The Morgan fingerprint density at radius 2 is 1.90 bits per heavy atom. The normalized spacial score (nSPS) is 10.1. The zero-order valence-corrected chi connectivity index (χ0v) is 11.6. The van der Waals surface area contributed by atoms with Gasteiger partial charge in [0.2, 0.25) is 0 Å². The van der Waals surface area contributed by atoms with E-state index in [9.17, 15) is 10.1 Å². The summed E-state index contributed by atoms with van der Waals surface area (Å²) in [5, 5.41) is 18.1. The Labute approximate surface area is 118 Å². The molecule has 0 bridgehead atoms. The van der Waals surface area contributed by atoms with Crippen LogP contribution in [0.2, 0.25) is 0 Å². The van der Waals surface area contributed by atoms with Gasteiger partial charge in [-0.1, -0.05) is 0 Å². The lowest BCUT2D eigenvalue weighted by Crippen LogP contribution is -2.31. The van der Waals surface area contributed by atoms with E-state index in [1.807, 2.05) is 11.0 Å². The molecule has 0 saturated carbocycles. The molecule has 0 aromatic heterocycles. The van der Waals surface area contributed by atoms with Crippen molar-refractivity contribution in [2.45, 2.75) is 0 Å². The van der Waals surface area contributed by atoms with Gasteiger partial charge in [0.25, 0.3) is 0 Å². The molecule has 108 valence electrons. The molecule has 0 saturated heterocycles. The van der Waals surface area contributed by atoms with Gasteiger partial charge in [-0.2, -0.15) is 5.26 Å². The van der Waals surface area contributed by atoms with Crippen LogP contribution in [-0.2, 0) is 9.47 Å². The molecule has 0 unspecified atom stereocenters. The summed E-state index contributed by atoms with van der Waals surface area (Å²) in [5.74, 6) is -1.05. The second-order valence-corrected chi connectivity index (χ2v) is 4.12. The molecule has 0 aliphatic heterocycles. The van der Waals surface area contributed by atoms with Crippen LogP contribution in [0.25, 0.3) is 0 Å². The van der Waals surface area contributed by atoms with Gasteiger partial charge in [0.1, 0.15) is 6.07 Å². The van der Waals surface area contributed by atoms with Crippen LogP contribution in [0.3, 0.4) is 0 Å². The van der Waals surface area contributed by atoms with Gasteiger partial charge < -0.3 is 19.5 Å². The number of methoxy groups -OCH3 is 2. The molecule has 1 aromatic rings. The minimum absolute atomic E-state index is 0.101. The molecule has 1 aromatic carbocycles. The average Bonchev–Trinajstić information content (AvgIpc) is 2.47. The number of rotatable bonds is 8. The maximum absolute atomic E-state index is 10.9. The van der Waals surface area contributed by atoms with Crippen molar-refractivity contribution in [1.82, 2.24) is 0 Å². The molecule has 0 amide bonds. The van der Waals surface area contributed by atoms with Crippen molar-refractivity contribution in [3.05, 3.63) is 29.3 Å². The quantitative estimate of drug-likeness (QED) is 0.773. The second-order valence-electron chi connectivity index (χ2n) is 4.12. The van der Waals surface area contributed by atoms with Crippen molar-refractivity contribution in [3.63, 3.8) is 0 Å². The minimum atomic E-state index is -1.05. The van der Waals surface area contributed by atoms with E-state index in [1.54, 1.807) is 20.3 Å². The molecule has 0 atom stereocenters. The number of ether oxygens (including phenoxy) is 2. The number of aromatic carboxylic acids is 1. The molecule has 0 fully saturated rings. The summed E-state index contributed by atoms with van der Waals surface area (Å²) in [6.45, 7) is 2.21. The zero-order chi connectivity index (χ0) is 15.0. The lowest BCUT2D eigenvalue weighted by molar-refractivity contribution is 0.0697. The van der Waals surface area contributed by atoms with Crippen LogP contribution in [0.15, 0.2) is 18.2 Å². The monoisotopic (exact) mass is 278 g/mol. The fourth-order valence-corrected chi connectivity index (χ4v) is 1.79. The summed E-state index contributed by atoms with van der Waals surface area (Å²) in [5.41, 5.74) is 1.12. The van der Waals surface area contributed by atoms with E-state index in [4.69, 9.17) is 14.6 Å². The van der Waals surface area contributed by atoms with E-state index < -0.39 is 5.97 Å². The maximum Gasteiger partial charge on any atom is 0.335 e. The molecule has 0 heterocycles. The van der Waals surface area contributed by atoms with Gasteiger partial charge in [-0.05, 0) is 18.2 Å². The number of carboxylic acids is 1. The van der Waals surface area contributed by atoms with Crippen molar-refractivity contribution < 1.29 is 19.4 Å². The molecule has 0 aliphatic carbocycles. The maximum atomic E-state index is 10.9. The average molecular weight is 278 g/mol. The Bertz CT molecular complexity index is 488. The highest BCUT2D eigenvalue weighted by molar-refractivity contribution is 5.89. The number of anilines is 1. The minimum Gasteiger partial charge on any atom is -0.478 e. The SMILES string of the molecule is COCCN(CCOC)c1ccc(C(=O)O)cc1C#N. The molecule has 0 aliphatic rings. The van der Waals surface area contributed by atoms with Crippen molar-refractivity contribution >= 4 is 11.7 Å². The van der Waals surface area contributed by atoms with Crippen LogP contribution in [0.4, 0.5) is 5.69 Å². The number of hydrogen-bond donors (Lipinski definition) is 1. The van der Waals surface area contributed by atoms with Gasteiger partial charge in [-0.25, -0.2) is 4.79 Å². The van der Waals surface area contributed by atoms with E-state index in [1.165, 1.54) is 12.1 Å². The highest BCUT2D eigenvalue weighted by Gasteiger charge is 2.14. The van der Waals surface area contributed by atoms with Gasteiger partial charge in [-0.3, -0.25) is 0 Å². The largest absolute Gasteiger partial charge is 0.478 e. The third-order valence-electron chi connectivity index (χ3n) is 2.84. The number of hydrogen-bond acceptors (Lipinski definition) is 5. The molecule has 20 heavy (non-hydrogen) atoms. The molecular weight excluding hydrogens is 260 g/mol. The van der Waals surface area contributed by atoms with E-state index in [-0.39, 0.29) is 5.56 Å². The Balaban J connectivity index is 3.05. The van der Waals surface area contributed by atoms with Crippen LogP contribution >= 0.6 is 0 Å². The molecule has 6 heteroatoms. The molecule has 6 nitrogen and oxygen atoms in total. The summed E-state index contributed by atoms with van der Waals surface area (Å²) in [7, 11) is 3.21. The first-order valence-electron chi connectivity index (χ1n) is 6.14. The van der Waals surface area contributed by atoms with E-state index >= 15 is 0 Å². The molecule has 0 radical (unpaired) electrons. The van der Waals surface area contributed by atoms with Gasteiger partial charge >= 0.3 is 5.97 Å². The number of nitrogens with zero attached hydrogens (tertiary/aromatic N) is 2. The van der Waals surface area contributed by atoms with Crippen molar-refractivity contribution in [2.24, 2.45) is 0 Å². The predicted molar refractivity (Wildman–Crippen MR) is 74.1 cm³/mol. The Morgan fingerprint density at radius 1 is 1.30 bits per heavy atom. The number of carboxylic acid groups (broad SMARTS) is 1. The second kappa shape index (κ2) is 8.15. The Hall–Kier alpha value is -2.10. The van der Waals surface area contributed by atoms with Gasteiger partial charge in [-0.15, -0.1) is 0 Å². The first-order valence-corrected chi connectivity index (χ1v) is 6.14. The molecule has 1 N–H and O–H groups in total. The fourth-order valence-electron chi connectivity index (χ4n) is 1.79. The first-order chi connectivity index (χ1) is 9.63. The van der Waals surface area contributed by atoms with Crippen LogP contribution in [0.1, 0.15) is 15.9 Å². The van der Waals surface area contributed by atoms with Crippen LogP contribution < -0.4 is 4.90 Å². The number of nitriles is 1. The van der Waals surface area contributed by atoms with E-state index in [0.29, 0.717) is 37.6 Å². The number of benzene rings is 1. The van der Waals surface area contributed by atoms with E-state index in [2.05, 4.69) is 0 Å². The Morgan fingerprint density at radius 3 is 2.35 bits per heavy atom. The molecule has 0 spiro atoms. The van der Waals surface area contributed by atoms with E-state index in [0.717, 1.165) is 0 Å². The summed E-state index contributed by atoms with van der Waals surface area (Å²) in [4.78, 5) is 12.9. The van der Waals surface area contributed by atoms with Crippen molar-refractivity contribution in [1.29, 1.82) is 5.26 Å². The lowest BCUT2D eigenvalue weighted by atomic mass is 10.1. The fraction of sp³-hybridized carbons (Fsp3) is 0.429. The number of carbonyl (C=O) groups is 1. The molecular formula is C14H18N2O4. The third kappa shape index (κ3) is 4.23. The van der Waals surface area contributed by atoms with Crippen LogP contribution in [0, 0.1) is 11.3 Å². The predicted octanol–water partition coefficient (Wildman–Crippen LogP) is 1.36. The van der Waals surface area contributed by atoms with Crippen molar-refractivity contribution in [2.75, 3.05) is 45.4 Å². The molecule has 1 rings (SSSR count). The summed E-state index contributed by atoms with van der Waals surface area (Å²) < 4.78 is 10.1. The standard InChI is InChI=1S/C14H18N2O4/c1-19-7-5-16(6-8-20-2)13-4-3-11(14(17)18)9-12(13)10-15/h3-4,9H,5-8H2,1-2H3,(H,17,18). The Kier molecular flexibility index (Phi) is 6.50. The zero-order valence-electron chi connectivity index (χ0n) is 11.6. The highest BCUT2D eigenvalue weighted by atomic mass is 16.5. The third-order valence-corrected chi connectivity index (χ3v) is 2.84. The highest BCUT2D eigenvalue weighted by Crippen LogP contribution is 2.21. The van der Waals surface area contributed by atoms with Gasteiger partial charge in [0.05, 0.1) is 30.0 Å². The van der Waals surface area contributed by atoms with Gasteiger partial charge in [0, 0.05) is 27.3 Å². The van der Waals surface area contributed by atoms with Gasteiger partial charge in [0.15, 0.2) is 0 Å². The topological polar surface area (TPSA) is 82.8 Å². The smallest absolute Gasteiger partial charge is 0.335 e. The summed E-state index contributed by atoms with van der Waals surface area (Å²) >= 11 is 0.